The molecule has 0 bridgehead atoms. The minimum Gasteiger partial charge on any atom is -0.492 e. The average molecular weight is 267 g/mol. The van der Waals surface area contributed by atoms with Gasteiger partial charge in [0.1, 0.15) is 12.3 Å². The Kier molecular flexibility index (Phi) is 2.73. The smallest absolute Gasteiger partial charge is 0.244 e. The van der Waals surface area contributed by atoms with E-state index in [1.165, 1.54) is 6.33 Å². The van der Waals surface area contributed by atoms with Crippen LogP contribution in [0.1, 0.15) is 12.6 Å². The largest absolute Gasteiger partial charge is 0.492 e. The van der Waals surface area contributed by atoms with Gasteiger partial charge in [0.05, 0.1) is 19.0 Å². The first-order valence-corrected chi connectivity index (χ1v) is 5.73. The zero-order valence-corrected chi connectivity index (χ0v) is 9.84. The van der Waals surface area contributed by atoms with Gasteiger partial charge >= 0.3 is 0 Å². The minimum atomic E-state index is -0.764. The molecule has 1 aliphatic heterocycles. The Bertz CT molecular complexity index is 615. The fourth-order valence-electron chi connectivity index (χ4n) is 2.18. The molecule has 9 nitrogen and oxygen atoms in total. The average Bonchev–Trinajstić information content (AvgIpc) is 2.92. The molecule has 1 saturated heterocycles. The highest BCUT2D eigenvalue weighted by Gasteiger charge is 2.35. The van der Waals surface area contributed by atoms with Gasteiger partial charge in [0.25, 0.3) is 0 Å². The molecule has 2 aromatic heterocycles. The number of fused-ring (bicyclic) bond motifs is 1. The van der Waals surface area contributed by atoms with Gasteiger partial charge < -0.3 is 25.8 Å². The number of hydrogen-bond acceptors (Lipinski definition) is 8. The van der Waals surface area contributed by atoms with Crippen LogP contribution in [0, 0.1) is 0 Å². The van der Waals surface area contributed by atoms with E-state index in [1.807, 2.05) is 0 Å². The Morgan fingerprint density at radius 1 is 1.47 bits per heavy atom. The van der Waals surface area contributed by atoms with Gasteiger partial charge in [-0.05, 0) is 0 Å². The molecule has 0 amide bonds. The summed E-state index contributed by atoms with van der Waals surface area (Å²) in [6, 6.07) is 0. The highest BCUT2D eigenvalue weighted by atomic mass is 16.5. The molecule has 102 valence electrons. The zero-order chi connectivity index (χ0) is 13.6. The monoisotopic (exact) mass is 267 g/mol. The molecule has 0 aromatic carbocycles. The summed E-state index contributed by atoms with van der Waals surface area (Å²) in [4.78, 5) is 11.6. The third kappa shape index (κ3) is 1.87. The minimum absolute atomic E-state index is 0.0796. The molecule has 1 unspecified atom stereocenters. The van der Waals surface area contributed by atoms with Gasteiger partial charge in [-0.3, -0.25) is 4.57 Å². The standard InChI is InChI=1S/C10H13N5O4/c11-10-13-8-7(9(18)14-10)12-3-15(8)6-1-4(17)5(2-16)19-6/h3-6,16-17H,1-2H2,(H3,11,13,14,18)/t4?,5-,6-/m1/s1. The maximum absolute atomic E-state index is 9.71. The van der Waals surface area contributed by atoms with Crippen molar-refractivity contribution in [1.29, 1.82) is 0 Å². The van der Waals surface area contributed by atoms with Crippen molar-refractivity contribution in [2.45, 2.75) is 24.9 Å². The highest BCUT2D eigenvalue weighted by Crippen LogP contribution is 2.32. The summed E-state index contributed by atoms with van der Waals surface area (Å²) in [5.41, 5.74) is 6.01. The first-order valence-electron chi connectivity index (χ1n) is 5.73. The maximum Gasteiger partial charge on any atom is 0.244 e. The second-order valence-corrected chi connectivity index (χ2v) is 4.34. The van der Waals surface area contributed by atoms with Crippen LogP contribution < -0.4 is 5.73 Å². The molecule has 9 heteroatoms. The van der Waals surface area contributed by atoms with Gasteiger partial charge in [0.2, 0.25) is 11.8 Å². The number of imidazole rings is 1. The SMILES string of the molecule is Nc1nc(O)c2ncn([C@H]3CC(O)[C@@H](CO)O3)c2n1. The van der Waals surface area contributed by atoms with Gasteiger partial charge in [0.15, 0.2) is 11.2 Å². The lowest BCUT2D eigenvalue weighted by Crippen LogP contribution is -2.24. The summed E-state index contributed by atoms with van der Waals surface area (Å²) in [6.45, 7) is -0.271. The van der Waals surface area contributed by atoms with Crippen LogP contribution in [-0.2, 0) is 4.74 Å². The van der Waals surface area contributed by atoms with Crippen LogP contribution in [0.5, 0.6) is 5.88 Å². The molecule has 0 radical (unpaired) electrons. The van der Waals surface area contributed by atoms with Crippen molar-refractivity contribution in [3.05, 3.63) is 6.33 Å². The number of anilines is 1. The Balaban J connectivity index is 2.02. The van der Waals surface area contributed by atoms with Crippen molar-refractivity contribution in [1.82, 2.24) is 19.5 Å². The molecule has 0 saturated carbocycles. The van der Waals surface area contributed by atoms with Crippen LogP contribution in [0.15, 0.2) is 6.33 Å². The summed E-state index contributed by atoms with van der Waals surface area (Å²) >= 11 is 0. The van der Waals surface area contributed by atoms with Crippen LogP contribution in [0.25, 0.3) is 11.2 Å². The summed E-state index contributed by atoms with van der Waals surface area (Å²) in [5, 5.41) is 28.4. The predicted octanol–water partition coefficient (Wildman–Crippen LogP) is -1.25. The van der Waals surface area contributed by atoms with E-state index in [-0.39, 0.29) is 24.0 Å². The normalized spacial score (nSPS) is 27.2. The van der Waals surface area contributed by atoms with Crippen molar-refractivity contribution in [2.24, 2.45) is 0 Å². The summed E-state index contributed by atoms with van der Waals surface area (Å²) in [5.74, 6) is -0.387. The third-order valence-corrected chi connectivity index (χ3v) is 3.11. The van der Waals surface area contributed by atoms with Crippen LogP contribution in [0.3, 0.4) is 0 Å². The molecule has 5 N–H and O–H groups in total. The number of aromatic nitrogens is 4. The second-order valence-electron chi connectivity index (χ2n) is 4.34. The zero-order valence-electron chi connectivity index (χ0n) is 9.84. The molecule has 1 aliphatic rings. The van der Waals surface area contributed by atoms with E-state index in [9.17, 15) is 10.2 Å². The highest BCUT2D eigenvalue weighted by molar-refractivity contribution is 5.77. The van der Waals surface area contributed by atoms with E-state index in [2.05, 4.69) is 15.0 Å². The number of rotatable bonds is 2. The van der Waals surface area contributed by atoms with E-state index >= 15 is 0 Å². The Morgan fingerprint density at radius 3 is 2.95 bits per heavy atom. The molecule has 3 atom stereocenters. The lowest BCUT2D eigenvalue weighted by atomic mass is 10.2. The number of aliphatic hydroxyl groups excluding tert-OH is 2. The van der Waals surface area contributed by atoms with Crippen molar-refractivity contribution in [3.63, 3.8) is 0 Å². The maximum atomic E-state index is 9.71. The number of ether oxygens (including phenoxy) is 1. The topological polar surface area (TPSA) is 140 Å². The fourth-order valence-corrected chi connectivity index (χ4v) is 2.18. The lowest BCUT2D eigenvalue weighted by molar-refractivity contribution is -0.0432. The number of nitrogen functional groups attached to an aromatic ring is 1. The Hall–Kier alpha value is -1.97. The van der Waals surface area contributed by atoms with Gasteiger partial charge in [-0.2, -0.15) is 9.97 Å². The lowest BCUT2D eigenvalue weighted by Gasteiger charge is -2.13. The number of aliphatic hydroxyl groups is 2. The van der Waals surface area contributed by atoms with Crippen LogP contribution in [0.4, 0.5) is 5.95 Å². The van der Waals surface area contributed by atoms with E-state index in [1.54, 1.807) is 4.57 Å². The molecule has 0 aliphatic carbocycles. The van der Waals surface area contributed by atoms with E-state index in [4.69, 9.17) is 15.6 Å². The number of aromatic hydroxyl groups is 1. The van der Waals surface area contributed by atoms with Crippen molar-refractivity contribution in [2.75, 3.05) is 12.3 Å². The molecular formula is C10H13N5O4. The molecule has 3 heterocycles. The van der Waals surface area contributed by atoms with E-state index in [0.717, 1.165) is 0 Å². The molecular weight excluding hydrogens is 254 g/mol. The van der Waals surface area contributed by atoms with Crippen LogP contribution in [-0.4, -0.2) is 53.7 Å². The molecule has 2 aromatic rings. The summed E-state index contributed by atoms with van der Waals surface area (Å²) in [6.07, 6.45) is -0.210. The van der Waals surface area contributed by atoms with Gasteiger partial charge in [-0.1, -0.05) is 0 Å². The number of nitrogens with two attached hydrogens (primary N) is 1. The van der Waals surface area contributed by atoms with Gasteiger partial charge in [0, 0.05) is 6.42 Å². The first kappa shape index (κ1) is 12.1. The van der Waals surface area contributed by atoms with Crippen molar-refractivity contribution < 1.29 is 20.1 Å². The molecule has 3 rings (SSSR count). The third-order valence-electron chi connectivity index (χ3n) is 3.11. The fraction of sp³-hybridized carbons (Fsp3) is 0.500. The van der Waals surface area contributed by atoms with E-state index in [0.29, 0.717) is 12.1 Å². The van der Waals surface area contributed by atoms with Gasteiger partial charge in [-0.15, -0.1) is 0 Å². The van der Waals surface area contributed by atoms with Crippen molar-refractivity contribution >= 4 is 17.1 Å². The summed E-state index contributed by atoms with van der Waals surface area (Å²) in [7, 11) is 0. The Labute approximate surface area is 107 Å². The number of nitrogens with zero attached hydrogens (tertiary/aromatic N) is 4. The summed E-state index contributed by atoms with van der Waals surface area (Å²) < 4.78 is 7.04. The van der Waals surface area contributed by atoms with Gasteiger partial charge in [-0.25, -0.2) is 4.98 Å². The van der Waals surface area contributed by atoms with Crippen molar-refractivity contribution in [3.8, 4) is 5.88 Å². The second kappa shape index (κ2) is 4.30. The molecule has 1 fully saturated rings. The number of hydrogen-bond donors (Lipinski definition) is 4. The Morgan fingerprint density at radius 2 is 2.26 bits per heavy atom. The molecule has 19 heavy (non-hydrogen) atoms. The first-order chi connectivity index (χ1) is 9.10. The van der Waals surface area contributed by atoms with E-state index < -0.39 is 18.4 Å². The van der Waals surface area contributed by atoms with Crippen LogP contribution in [0.2, 0.25) is 0 Å². The molecule has 0 spiro atoms. The predicted molar refractivity (Wildman–Crippen MR) is 63.0 cm³/mol. The van der Waals surface area contributed by atoms with Crippen LogP contribution >= 0.6 is 0 Å². The quantitative estimate of drug-likeness (QED) is 0.529.